The summed E-state index contributed by atoms with van der Waals surface area (Å²) >= 11 is 2.80. The van der Waals surface area contributed by atoms with Crippen LogP contribution in [0.2, 0.25) is 0 Å². The average Bonchev–Trinajstić information content (AvgIpc) is 3.24. The molecule has 32 heavy (non-hydrogen) atoms. The van der Waals surface area contributed by atoms with Crippen LogP contribution in [0.1, 0.15) is 18.9 Å². The molecule has 1 atom stereocenters. The minimum absolute atomic E-state index is 0.132. The van der Waals surface area contributed by atoms with Crippen molar-refractivity contribution >= 4 is 44.9 Å². The Hall–Kier alpha value is -3.34. The van der Waals surface area contributed by atoms with E-state index >= 15 is 0 Å². The van der Waals surface area contributed by atoms with Crippen LogP contribution in [0.15, 0.2) is 71.1 Å². The molecule has 0 saturated heterocycles. The lowest BCUT2D eigenvalue weighted by Crippen LogP contribution is -2.24. The molecule has 0 radical (unpaired) electrons. The number of amides is 1. The number of ether oxygens (including phenoxy) is 1. The van der Waals surface area contributed by atoms with Crippen molar-refractivity contribution in [3.05, 3.63) is 71.6 Å². The van der Waals surface area contributed by atoms with Gasteiger partial charge >= 0.3 is 0 Å². The van der Waals surface area contributed by atoms with E-state index in [1.54, 1.807) is 7.11 Å². The van der Waals surface area contributed by atoms with E-state index in [0.717, 1.165) is 32.8 Å². The molecule has 2 aromatic heterocycles. The van der Waals surface area contributed by atoms with E-state index in [1.807, 2.05) is 73.0 Å². The lowest BCUT2D eigenvalue weighted by Gasteiger charge is -2.14. The minimum atomic E-state index is -0.318. The number of methoxy groups -OCH3 is 1. The third-order valence-electron chi connectivity index (χ3n) is 5.04. The fourth-order valence-electron chi connectivity index (χ4n) is 3.32. The van der Waals surface area contributed by atoms with Crippen molar-refractivity contribution in [2.24, 2.45) is 0 Å². The molecule has 0 aliphatic carbocycles. The van der Waals surface area contributed by atoms with Gasteiger partial charge in [-0.3, -0.25) is 4.79 Å². The first kappa shape index (κ1) is 21.9. The molecule has 7 heteroatoms. The fraction of sp³-hybridized carbons (Fsp3) is 0.160. The number of carbonyl (C=O) groups excluding carboxylic acids is 1. The number of benzene rings is 2. The summed E-state index contributed by atoms with van der Waals surface area (Å²) in [6, 6.07) is 21.6. The Bertz CT molecular complexity index is 1290. The van der Waals surface area contributed by atoms with Gasteiger partial charge in [-0.05, 0) is 36.2 Å². The number of nitrogens with one attached hydrogen (secondary N) is 1. The molecule has 5 nitrogen and oxygen atoms in total. The van der Waals surface area contributed by atoms with Crippen LogP contribution in [0.25, 0.3) is 22.0 Å². The molecule has 4 aromatic rings. The van der Waals surface area contributed by atoms with Gasteiger partial charge in [0, 0.05) is 16.3 Å². The molecule has 0 spiro atoms. The molecule has 0 aliphatic heterocycles. The summed E-state index contributed by atoms with van der Waals surface area (Å²) in [6.07, 6.45) is 0.642. The summed E-state index contributed by atoms with van der Waals surface area (Å²) in [5.41, 5.74) is 3.08. The zero-order valence-electron chi connectivity index (χ0n) is 17.7. The fourth-order valence-corrected chi connectivity index (χ4v) is 5.16. The van der Waals surface area contributed by atoms with E-state index in [4.69, 9.17) is 4.74 Å². The molecule has 0 fully saturated rings. The van der Waals surface area contributed by atoms with Gasteiger partial charge in [0.05, 0.1) is 28.5 Å². The van der Waals surface area contributed by atoms with Crippen LogP contribution in [0.4, 0.5) is 5.00 Å². The molecule has 1 N–H and O–H groups in total. The predicted octanol–water partition coefficient (Wildman–Crippen LogP) is 6.35. The minimum Gasteiger partial charge on any atom is -0.497 e. The SMILES string of the molecule is CCC(Sc1ccc2ccccc2n1)C(=O)Nc1scc(-c2ccc(OC)cc2)c1C#N. The zero-order valence-corrected chi connectivity index (χ0v) is 19.3. The van der Waals surface area contributed by atoms with Crippen LogP contribution in [0.3, 0.4) is 0 Å². The molecule has 1 amide bonds. The number of aromatic nitrogens is 1. The number of pyridine rings is 1. The van der Waals surface area contributed by atoms with Crippen molar-refractivity contribution in [2.75, 3.05) is 12.4 Å². The maximum Gasteiger partial charge on any atom is 0.238 e. The summed E-state index contributed by atoms with van der Waals surface area (Å²) in [4.78, 5) is 17.7. The van der Waals surface area contributed by atoms with Crippen molar-refractivity contribution < 1.29 is 9.53 Å². The number of rotatable bonds is 7. The number of nitrogens with zero attached hydrogens (tertiary/aromatic N) is 2. The number of thioether (sulfide) groups is 1. The van der Waals surface area contributed by atoms with Crippen LogP contribution < -0.4 is 10.1 Å². The third-order valence-corrected chi connectivity index (χ3v) is 7.24. The van der Waals surface area contributed by atoms with Gasteiger partial charge in [-0.2, -0.15) is 5.26 Å². The van der Waals surface area contributed by atoms with Crippen molar-refractivity contribution in [1.29, 1.82) is 5.26 Å². The van der Waals surface area contributed by atoms with Crippen molar-refractivity contribution in [3.8, 4) is 22.9 Å². The van der Waals surface area contributed by atoms with Crippen molar-refractivity contribution in [2.45, 2.75) is 23.6 Å². The Morgan fingerprint density at radius 2 is 1.97 bits per heavy atom. The molecule has 1 unspecified atom stereocenters. The quantitative estimate of drug-likeness (QED) is 0.326. The van der Waals surface area contributed by atoms with E-state index in [2.05, 4.69) is 16.4 Å². The average molecular weight is 460 g/mol. The first-order chi connectivity index (χ1) is 15.6. The Labute approximate surface area is 195 Å². The molecule has 0 bridgehead atoms. The summed E-state index contributed by atoms with van der Waals surface area (Å²) in [6.45, 7) is 1.97. The predicted molar refractivity (Wildman–Crippen MR) is 131 cm³/mol. The van der Waals surface area contributed by atoms with Crippen LogP contribution in [-0.4, -0.2) is 23.3 Å². The Morgan fingerprint density at radius 3 is 2.69 bits per heavy atom. The van der Waals surface area contributed by atoms with Gasteiger partial charge in [-0.15, -0.1) is 11.3 Å². The van der Waals surface area contributed by atoms with Crippen LogP contribution >= 0.6 is 23.1 Å². The van der Waals surface area contributed by atoms with Crippen LogP contribution in [0.5, 0.6) is 5.75 Å². The smallest absolute Gasteiger partial charge is 0.238 e. The molecular weight excluding hydrogens is 438 g/mol. The van der Waals surface area contributed by atoms with E-state index < -0.39 is 0 Å². The second-order valence-electron chi connectivity index (χ2n) is 7.04. The number of anilines is 1. The van der Waals surface area contributed by atoms with Gasteiger partial charge in [0.25, 0.3) is 0 Å². The highest BCUT2D eigenvalue weighted by molar-refractivity contribution is 8.00. The van der Waals surface area contributed by atoms with Crippen molar-refractivity contribution in [1.82, 2.24) is 4.98 Å². The van der Waals surface area contributed by atoms with Gasteiger partial charge in [-0.25, -0.2) is 4.98 Å². The van der Waals surface area contributed by atoms with E-state index in [9.17, 15) is 10.1 Å². The molecule has 160 valence electrons. The zero-order chi connectivity index (χ0) is 22.5. The van der Waals surface area contributed by atoms with Crippen LogP contribution in [-0.2, 0) is 4.79 Å². The van der Waals surface area contributed by atoms with Gasteiger partial charge in [0.2, 0.25) is 5.91 Å². The number of hydrogen-bond donors (Lipinski definition) is 1. The van der Waals surface area contributed by atoms with E-state index in [0.29, 0.717) is 17.0 Å². The Morgan fingerprint density at radius 1 is 1.19 bits per heavy atom. The number of fused-ring (bicyclic) bond motifs is 1. The summed E-state index contributed by atoms with van der Waals surface area (Å²) in [7, 11) is 1.61. The number of nitriles is 1. The molecule has 4 rings (SSSR count). The molecule has 2 heterocycles. The second-order valence-corrected chi connectivity index (χ2v) is 9.14. The second kappa shape index (κ2) is 9.86. The lowest BCUT2D eigenvalue weighted by atomic mass is 10.0. The standard InChI is InChI=1S/C25H21N3O2S2/c1-3-22(32-23-13-10-17-6-4-5-7-21(17)27-23)24(29)28-25-19(14-26)20(15-31-25)16-8-11-18(30-2)12-9-16/h4-13,15,22H,3H2,1-2H3,(H,28,29). The van der Waals surface area contributed by atoms with Crippen molar-refractivity contribution in [3.63, 3.8) is 0 Å². The highest BCUT2D eigenvalue weighted by Crippen LogP contribution is 2.36. The van der Waals surface area contributed by atoms with Crippen LogP contribution in [0, 0.1) is 11.3 Å². The lowest BCUT2D eigenvalue weighted by molar-refractivity contribution is -0.115. The van der Waals surface area contributed by atoms with E-state index in [-0.39, 0.29) is 11.2 Å². The number of para-hydroxylation sites is 1. The number of carbonyl (C=O) groups is 1. The van der Waals surface area contributed by atoms with Gasteiger partial charge in [0.15, 0.2) is 0 Å². The first-order valence-corrected chi connectivity index (χ1v) is 11.9. The summed E-state index contributed by atoms with van der Waals surface area (Å²) < 4.78 is 5.20. The number of hydrogen-bond acceptors (Lipinski definition) is 6. The monoisotopic (exact) mass is 459 g/mol. The third kappa shape index (κ3) is 4.62. The molecule has 2 aromatic carbocycles. The van der Waals surface area contributed by atoms with Gasteiger partial charge in [-0.1, -0.05) is 55.1 Å². The highest BCUT2D eigenvalue weighted by Gasteiger charge is 2.22. The molecule has 0 aliphatic rings. The van der Waals surface area contributed by atoms with Gasteiger partial charge < -0.3 is 10.1 Å². The highest BCUT2D eigenvalue weighted by atomic mass is 32.2. The summed E-state index contributed by atoms with van der Waals surface area (Å²) in [5, 5.41) is 16.7. The molecular formula is C25H21N3O2S2. The Balaban J connectivity index is 1.52. The molecule has 0 saturated carbocycles. The van der Waals surface area contributed by atoms with E-state index in [1.165, 1.54) is 23.1 Å². The first-order valence-electron chi connectivity index (χ1n) is 10.1. The maximum atomic E-state index is 13.0. The summed E-state index contributed by atoms with van der Waals surface area (Å²) in [5.74, 6) is 0.619. The topological polar surface area (TPSA) is 75.0 Å². The Kier molecular flexibility index (Phi) is 6.74. The largest absolute Gasteiger partial charge is 0.497 e. The maximum absolute atomic E-state index is 13.0. The van der Waals surface area contributed by atoms with Gasteiger partial charge in [0.1, 0.15) is 16.8 Å². The number of thiophene rings is 1. The normalized spacial score (nSPS) is 11.7.